The number of rotatable bonds is 3. The highest BCUT2D eigenvalue weighted by molar-refractivity contribution is 7.11. The maximum absolute atomic E-state index is 2.23. The minimum atomic E-state index is 0.592. The lowest BCUT2D eigenvalue weighted by Crippen LogP contribution is -1.89. The van der Waals surface area contributed by atoms with E-state index >= 15 is 0 Å². The van der Waals surface area contributed by atoms with E-state index in [9.17, 15) is 0 Å². The van der Waals surface area contributed by atoms with Crippen LogP contribution in [0.3, 0.4) is 0 Å². The van der Waals surface area contributed by atoms with Crippen LogP contribution in [0.25, 0.3) is 5.57 Å². The molecule has 1 aromatic heterocycles. The lowest BCUT2D eigenvalue weighted by atomic mass is 10.0. The Labute approximate surface area is 84.6 Å². The molecule has 0 spiro atoms. The first-order valence-corrected chi connectivity index (χ1v) is 5.50. The van der Waals surface area contributed by atoms with Crippen LogP contribution in [0.1, 0.15) is 25.6 Å². The van der Waals surface area contributed by atoms with Gasteiger partial charge in [-0.1, -0.05) is 38.1 Å². The topological polar surface area (TPSA) is 0 Å². The molecule has 0 aliphatic carbocycles. The maximum Gasteiger partial charge on any atom is 0.0304 e. The van der Waals surface area contributed by atoms with E-state index in [0.717, 1.165) is 0 Å². The average Bonchev–Trinajstić information content (AvgIpc) is 2.57. The summed E-state index contributed by atoms with van der Waals surface area (Å²) in [5.74, 6) is 0.592. The average molecular weight is 192 g/mol. The van der Waals surface area contributed by atoms with E-state index in [4.69, 9.17) is 0 Å². The molecule has 0 fully saturated rings. The first-order valence-electron chi connectivity index (χ1n) is 4.62. The summed E-state index contributed by atoms with van der Waals surface area (Å²) < 4.78 is 0. The summed E-state index contributed by atoms with van der Waals surface area (Å²) in [5.41, 5.74) is 1.42. The van der Waals surface area contributed by atoms with Crippen molar-refractivity contribution in [1.82, 2.24) is 0 Å². The highest BCUT2D eigenvalue weighted by atomic mass is 32.1. The molecule has 0 aliphatic heterocycles. The maximum atomic E-state index is 2.23. The molecular formula is C12H16S. The number of allylic oxidation sites excluding steroid dienone is 4. The van der Waals surface area contributed by atoms with Gasteiger partial charge in [0.05, 0.1) is 0 Å². The standard InChI is InChI=1S/C12H16S/c1-4-5-7-11(10(2)3)12-8-6-9-13-12/h4-10H,1-3H3/b5-4-,11-7+. The summed E-state index contributed by atoms with van der Waals surface area (Å²) in [7, 11) is 0. The Morgan fingerprint density at radius 3 is 2.69 bits per heavy atom. The monoisotopic (exact) mass is 192 g/mol. The summed E-state index contributed by atoms with van der Waals surface area (Å²) in [6.07, 6.45) is 6.38. The van der Waals surface area contributed by atoms with Crippen molar-refractivity contribution in [3.8, 4) is 0 Å². The van der Waals surface area contributed by atoms with Crippen molar-refractivity contribution in [3.63, 3.8) is 0 Å². The zero-order valence-electron chi connectivity index (χ0n) is 8.45. The van der Waals surface area contributed by atoms with Gasteiger partial charge < -0.3 is 0 Å². The van der Waals surface area contributed by atoms with Crippen molar-refractivity contribution in [2.24, 2.45) is 5.92 Å². The third kappa shape index (κ3) is 2.85. The SMILES string of the molecule is C/C=C\C=C(\c1cccs1)C(C)C. The van der Waals surface area contributed by atoms with Crippen LogP contribution >= 0.6 is 11.3 Å². The third-order valence-corrected chi connectivity index (χ3v) is 2.81. The zero-order chi connectivity index (χ0) is 9.68. The summed E-state index contributed by atoms with van der Waals surface area (Å²) in [5, 5.41) is 2.13. The molecule has 0 saturated carbocycles. The van der Waals surface area contributed by atoms with Crippen LogP contribution in [-0.4, -0.2) is 0 Å². The molecular weight excluding hydrogens is 176 g/mol. The molecule has 1 heteroatoms. The van der Waals surface area contributed by atoms with Gasteiger partial charge in [0.1, 0.15) is 0 Å². The van der Waals surface area contributed by atoms with Gasteiger partial charge in [0, 0.05) is 4.88 Å². The molecule has 0 nitrogen and oxygen atoms in total. The predicted octanol–water partition coefficient (Wildman–Crippen LogP) is 4.36. The number of thiophene rings is 1. The second-order valence-corrected chi connectivity index (χ2v) is 4.23. The smallest absolute Gasteiger partial charge is 0.0304 e. The molecule has 0 N–H and O–H groups in total. The fourth-order valence-corrected chi connectivity index (χ4v) is 2.10. The quantitative estimate of drug-likeness (QED) is 0.624. The second kappa shape index (κ2) is 5.03. The van der Waals surface area contributed by atoms with E-state index in [2.05, 4.69) is 49.6 Å². The van der Waals surface area contributed by atoms with Crippen molar-refractivity contribution in [3.05, 3.63) is 40.6 Å². The fourth-order valence-electron chi connectivity index (χ4n) is 1.20. The lowest BCUT2D eigenvalue weighted by Gasteiger charge is -2.07. The Morgan fingerprint density at radius 2 is 2.23 bits per heavy atom. The van der Waals surface area contributed by atoms with Gasteiger partial charge in [0.2, 0.25) is 0 Å². The van der Waals surface area contributed by atoms with Gasteiger partial charge in [-0.2, -0.15) is 0 Å². The van der Waals surface area contributed by atoms with E-state index in [-0.39, 0.29) is 0 Å². The second-order valence-electron chi connectivity index (χ2n) is 3.28. The molecule has 1 rings (SSSR count). The van der Waals surface area contributed by atoms with Crippen LogP contribution in [0.15, 0.2) is 35.7 Å². The molecule has 0 atom stereocenters. The number of hydrogen-bond donors (Lipinski definition) is 0. The van der Waals surface area contributed by atoms with E-state index in [1.54, 1.807) is 0 Å². The minimum absolute atomic E-state index is 0.592. The van der Waals surface area contributed by atoms with Crippen LogP contribution in [-0.2, 0) is 0 Å². The van der Waals surface area contributed by atoms with E-state index in [1.165, 1.54) is 10.5 Å². The van der Waals surface area contributed by atoms with Gasteiger partial charge in [-0.15, -0.1) is 11.3 Å². The fraction of sp³-hybridized carbons (Fsp3) is 0.333. The van der Waals surface area contributed by atoms with Crippen LogP contribution in [0.5, 0.6) is 0 Å². The molecule has 1 aromatic rings. The lowest BCUT2D eigenvalue weighted by molar-refractivity contribution is 0.858. The van der Waals surface area contributed by atoms with E-state index in [1.807, 2.05) is 18.3 Å². The summed E-state index contributed by atoms with van der Waals surface area (Å²) in [6.45, 7) is 6.51. The first-order chi connectivity index (χ1) is 6.25. The summed E-state index contributed by atoms with van der Waals surface area (Å²) >= 11 is 1.81. The number of hydrogen-bond acceptors (Lipinski definition) is 1. The molecule has 0 radical (unpaired) electrons. The molecule has 1 heterocycles. The van der Waals surface area contributed by atoms with Gasteiger partial charge in [-0.25, -0.2) is 0 Å². The summed E-state index contributed by atoms with van der Waals surface area (Å²) in [4.78, 5) is 1.38. The molecule has 0 saturated heterocycles. The Bertz CT molecular complexity index is 289. The first kappa shape index (κ1) is 10.3. The van der Waals surface area contributed by atoms with Crippen LogP contribution in [0, 0.1) is 5.92 Å². The molecule has 0 unspecified atom stereocenters. The van der Waals surface area contributed by atoms with Crippen molar-refractivity contribution >= 4 is 16.9 Å². The Hall–Kier alpha value is -0.820. The van der Waals surface area contributed by atoms with Gasteiger partial charge in [-0.3, -0.25) is 0 Å². The van der Waals surface area contributed by atoms with E-state index in [0.29, 0.717) is 5.92 Å². The minimum Gasteiger partial charge on any atom is -0.144 e. The van der Waals surface area contributed by atoms with Gasteiger partial charge >= 0.3 is 0 Å². The van der Waals surface area contributed by atoms with Crippen molar-refractivity contribution in [1.29, 1.82) is 0 Å². The van der Waals surface area contributed by atoms with Gasteiger partial charge in [-0.05, 0) is 29.9 Å². The third-order valence-electron chi connectivity index (χ3n) is 1.90. The normalized spacial score (nSPS) is 13.1. The molecule has 0 bridgehead atoms. The molecule has 13 heavy (non-hydrogen) atoms. The highest BCUT2D eigenvalue weighted by Gasteiger charge is 2.05. The molecule has 0 aliphatic rings. The largest absolute Gasteiger partial charge is 0.144 e. The predicted molar refractivity (Wildman–Crippen MR) is 61.9 cm³/mol. The summed E-state index contributed by atoms with van der Waals surface area (Å²) in [6, 6.07) is 4.28. The Balaban J connectivity index is 2.93. The highest BCUT2D eigenvalue weighted by Crippen LogP contribution is 2.26. The van der Waals surface area contributed by atoms with Crippen molar-refractivity contribution in [2.45, 2.75) is 20.8 Å². The van der Waals surface area contributed by atoms with Crippen LogP contribution < -0.4 is 0 Å². The van der Waals surface area contributed by atoms with E-state index < -0.39 is 0 Å². The Kier molecular flexibility index (Phi) is 3.97. The van der Waals surface area contributed by atoms with Crippen molar-refractivity contribution in [2.75, 3.05) is 0 Å². The van der Waals surface area contributed by atoms with Crippen LogP contribution in [0.2, 0.25) is 0 Å². The van der Waals surface area contributed by atoms with Crippen LogP contribution in [0.4, 0.5) is 0 Å². The van der Waals surface area contributed by atoms with Crippen molar-refractivity contribution < 1.29 is 0 Å². The molecule has 70 valence electrons. The molecule has 0 amide bonds. The molecule has 0 aromatic carbocycles. The zero-order valence-corrected chi connectivity index (χ0v) is 9.27. The Morgan fingerprint density at radius 1 is 1.46 bits per heavy atom. The van der Waals surface area contributed by atoms with Gasteiger partial charge in [0.15, 0.2) is 0 Å². The van der Waals surface area contributed by atoms with Gasteiger partial charge in [0.25, 0.3) is 0 Å².